The van der Waals surface area contributed by atoms with E-state index in [9.17, 15) is 4.79 Å². The lowest BCUT2D eigenvalue weighted by molar-refractivity contribution is -0.125. The Kier molecular flexibility index (Phi) is 4.44. The molecule has 1 fully saturated rings. The Morgan fingerprint density at radius 1 is 1.42 bits per heavy atom. The van der Waals surface area contributed by atoms with Crippen molar-refractivity contribution >= 4 is 33.7 Å². The summed E-state index contributed by atoms with van der Waals surface area (Å²) in [6, 6.07) is 2.02. The van der Waals surface area contributed by atoms with E-state index in [1.807, 2.05) is 19.2 Å². The summed E-state index contributed by atoms with van der Waals surface area (Å²) in [5.41, 5.74) is 1.68. The summed E-state index contributed by atoms with van der Waals surface area (Å²) in [5, 5.41) is 5.07. The molecule has 136 valence electrons. The third kappa shape index (κ3) is 2.98. The first kappa shape index (κ1) is 16.8. The van der Waals surface area contributed by atoms with Crippen LogP contribution >= 0.6 is 0 Å². The van der Waals surface area contributed by atoms with Crippen molar-refractivity contribution in [1.29, 1.82) is 0 Å². The van der Waals surface area contributed by atoms with Crippen LogP contribution in [-0.2, 0) is 4.79 Å². The first-order valence-electron chi connectivity index (χ1n) is 9.30. The van der Waals surface area contributed by atoms with Crippen LogP contribution in [-0.4, -0.2) is 45.5 Å². The summed E-state index contributed by atoms with van der Waals surface area (Å²) in [6.07, 6.45) is 6.54. The molecule has 0 saturated carbocycles. The fourth-order valence-corrected chi connectivity index (χ4v) is 3.73. The lowest BCUT2D eigenvalue weighted by atomic mass is 9.96. The Bertz CT molecular complexity index is 950. The van der Waals surface area contributed by atoms with E-state index in [-0.39, 0.29) is 11.8 Å². The fraction of sp³-hybridized carbons (Fsp3) is 0.474. The zero-order valence-corrected chi connectivity index (χ0v) is 15.2. The quantitative estimate of drug-likeness (QED) is 0.753. The molecule has 0 radical (unpaired) electrons. The molecule has 2 N–H and O–H groups in total. The molecule has 1 aliphatic heterocycles. The van der Waals surface area contributed by atoms with Crippen LogP contribution in [0.4, 0.5) is 5.82 Å². The number of amides is 1. The molecule has 3 aromatic rings. The molecular weight excluding hydrogens is 328 g/mol. The summed E-state index contributed by atoms with van der Waals surface area (Å²) < 4.78 is 0. The molecule has 1 saturated heterocycles. The Morgan fingerprint density at radius 2 is 2.31 bits per heavy atom. The molecule has 0 bridgehead atoms. The number of fused-ring (bicyclic) bond motifs is 3. The zero-order chi connectivity index (χ0) is 18.1. The molecular formula is C19H24N6O. The number of carbonyl (C=O) groups is 1. The molecule has 0 aliphatic carbocycles. The van der Waals surface area contributed by atoms with Crippen molar-refractivity contribution in [2.75, 3.05) is 24.5 Å². The van der Waals surface area contributed by atoms with Crippen molar-refractivity contribution in [3.63, 3.8) is 0 Å². The van der Waals surface area contributed by atoms with E-state index in [1.165, 1.54) is 0 Å². The highest BCUT2D eigenvalue weighted by Crippen LogP contribution is 2.32. The SMILES string of the molecule is CCCNC(=O)C1CCCN(c2nc(C)nc3cnc4[nH]ccc4c23)C1. The van der Waals surface area contributed by atoms with Gasteiger partial charge in [-0.15, -0.1) is 0 Å². The van der Waals surface area contributed by atoms with Gasteiger partial charge in [-0.3, -0.25) is 4.79 Å². The van der Waals surface area contributed by atoms with Gasteiger partial charge >= 0.3 is 0 Å². The van der Waals surface area contributed by atoms with Gasteiger partial charge in [0.2, 0.25) is 5.91 Å². The Balaban J connectivity index is 1.73. The molecule has 7 heteroatoms. The van der Waals surface area contributed by atoms with Gasteiger partial charge in [0, 0.05) is 31.2 Å². The van der Waals surface area contributed by atoms with Crippen LogP contribution in [0.5, 0.6) is 0 Å². The Labute approximate surface area is 152 Å². The monoisotopic (exact) mass is 352 g/mol. The molecule has 1 atom stereocenters. The number of H-pyrrole nitrogens is 1. The van der Waals surface area contributed by atoms with Crippen molar-refractivity contribution in [1.82, 2.24) is 25.3 Å². The van der Waals surface area contributed by atoms with Gasteiger partial charge in [0.05, 0.1) is 23.0 Å². The van der Waals surface area contributed by atoms with Crippen LogP contribution in [0.3, 0.4) is 0 Å². The number of anilines is 1. The van der Waals surface area contributed by atoms with Gasteiger partial charge in [-0.1, -0.05) is 6.92 Å². The van der Waals surface area contributed by atoms with Crippen LogP contribution in [0.15, 0.2) is 18.5 Å². The van der Waals surface area contributed by atoms with Crippen molar-refractivity contribution in [2.45, 2.75) is 33.1 Å². The van der Waals surface area contributed by atoms with E-state index >= 15 is 0 Å². The maximum absolute atomic E-state index is 12.4. The number of hydrogen-bond donors (Lipinski definition) is 2. The highest BCUT2D eigenvalue weighted by Gasteiger charge is 2.28. The second kappa shape index (κ2) is 6.90. The average molecular weight is 352 g/mol. The van der Waals surface area contributed by atoms with Crippen LogP contribution in [0.1, 0.15) is 32.0 Å². The first-order chi connectivity index (χ1) is 12.7. The van der Waals surface area contributed by atoms with Crippen molar-refractivity contribution in [3.8, 4) is 0 Å². The second-order valence-electron chi connectivity index (χ2n) is 6.93. The number of pyridine rings is 1. The second-order valence-corrected chi connectivity index (χ2v) is 6.93. The number of rotatable bonds is 4. The summed E-state index contributed by atoms with van der Waals surface area (Å²) >= 11 is 0. The third-order valence-electron chi connectivity index (χ3n) is 4.98. The number of aryl methyl sites for hydroxylation is 1. The number of nitrogens with one attached hydrogen (secondary N) is 2. The Morgan fingerprint density at radius 3 is 3.15 bits per heavy atom. The van der Waals surface area contributed by atoms with Crippen molar-refractivity contribution in [2.24, 2.45) is 5.92 Å². The van der Waals surface area contributed by atoms with Crippen LogP contribution in [0, 0.1) is 12.8 Å². The van der Waals surface area contributed by atoms with Crippen LogP contribution < -0.4 is 10.2 Å². The summed E-state index contributed by atoms with van der Waals surface area (Å²) in [7, 11) is 0. The molecule has 1 amide bonds. The van der Waals surface area contributed by atoms with Gasteiger partial charge in [-0.25, -0.2) is 15.0 Å². The van der Waals surface area contributed by atoms with Crippen molar-refractivity contribution in [3.05, 3.63) is 24.3 Å². The molecule has 1 unspecified atom stereocenters. The molecule has 1 aliphatic rings. The van der Waals surface area contributed by atoms with Gasteiger partial charge in [-0.2, -0.15) is 0 Å². The van der Waals surface area contributed by atoms with Crippen LogP contribution in [0.25, 0.3) is 21.9 Å². The normalized spacial score (nSPS) is 17.8. The average Bonchev–Trinajstić information content (AvgIpc) is 3.14. The number of piperidine rings is 1. The van der Waals surface area contributed by atoms with Gasteiger partial charge in [0.1, 0.15) is 17.3 Å². The van der Waals surface area contributed by atoms with E-state index in [0.29, 0.717) is 6.54 Å². The molecule has 3 aromatic heterocycles. The smallest absolute Gasteiger partial charge is 0.224 e. The molecule has 7 nitrogen and oxygen atoms in total. The number of carbonyl (C=O) groups excluding carboxylic acids is 1. The summed E-state index contributed by atoms with van der Waals surface area (Å²) in [6.45, 7) is 6.30. The predicted octanol–water partition coefficient (Wildman–Crippen LogP) is 2.56. The molecule has 0 spiro atoms. The number of nitrogens with zero attached hydrogens (tertiary/aromatic N) is 4. The molecule has 4 heterocycles. The largest absolute Gasteiger partial charge is 0.356 e. The van der Waals surface area contributed by atoms with E-state index < -0.39 is 0 Å². The van der Waals surface area contributed by atoms with Gasteiger partial charge < -0.3 is 15.2 Å². The van der Waals surface area contributed by atoms with Crippen molar-refractivity contribution < 1.29 is 4.79 Å². The number of hydrogen-bond acceptors (Lipinski definition) is 5. The van der Waals surface area contributed by atoms with Gasteiger partial charge in [0.25, 0.3) is 0 Å². The predicted molar refractivity (Wildman–Crippen MR) is 102 cm³/mol. The first-order valence-corrected chi connectivity index (χ1v) is 9.30. The zero-order valence-electron chi connectivity index (χ0n) is 15.2. The fourth-order valence-electron chi connectivity index (χ4n) is 3.73. The minimum absolute atomic E-state index is 0.00387. The van der Waals surface area contributed by atoms with E-state index in [0.717, 1.165) is 65.9 Å². The van der Waals surface area contributed by atoms with E-state index in [1.54, 1.807) is 6.20 Å². The standard InChI is InChI=1S/C19H24N6O/c1-3-7-21-19(26)13-5-4-9-25(11-13)18-16-14-6-8-20-17(14)22-10-15(16)23-12(2)24-18/h6,8,10,13H,3-5,7,9,11H2,1-2H3,(H,20,22)(H,21,26). The summed E-state index contributed by atoms with van der Waals surface area (Å²) in [5.74, 6) is 1.79. The topological polar surface area (TPSA) is 86.8 Å². The molecule has 0 aromatic carbocycles. The van der Waals surface area contributed by atoms with Gasteiger partial charge in [-0.05, 0) is 32.3 Å². The number of aromatic amines is 1. The molecule has 4 rings (SSSR count). The lowest BCUT2D eigenvalue weighted by Gasteiger charge is -2.33. The maximum atomic E-state index is 12.4. The Hall–Kier alpha value is -2.70. The number of aromatic nitrogens is 4. The third-order valence-corrected chi connectivity index (χ3v) is 4.98. The highest BCUT2D eigenvalue weighted by atomic mass is 16.1. The lowest BCUT2D eigenvalue weighted by Crippen LogP contribution is -2.43. The minimum atomic E-state index is 0.00387. The molecule has 26 heavy (non-hydrogen) atoms. The summed E-state index contributed by atoms with van der Waals surface area (Å²) in [4.78, 5) is 31.6. The minimum Gasteiger partial charge on any atom is -0.356 e. The van der Waals surface area contributed by atoms with E-state index in [2.05, 4.69) is 32.1 Å². The van der Waals surface area contributed by atoms with E-state index in [4.69, 9.17) is 4.98 Å². The maximum Gasteiger partial charge on any atom is 0.224 e. The van der Waals surface area contributed by atoms with Gasteiger partial charge in [0.15, 0.2) is 0 Å². The highest BCUT2D eigenvalue weighted by molar-refractivity contribution is 6.09. The van der Waals surface area contributed by atoms with Crippen LogP contribution in [0.2, 0.25) is 0 Å².